The second kappa shape index (κ2) is 5.18. The number of halogens is 1. The lowest BCUT2D eigenvalue weighted by Crippen LogP contribution is -2.30. The van der Waals surface area contributed by atoms with E-state index in [1.54, 1.807) is 0 Å². The number of nitrogens with zero attached hydrogens (tertiary/aromatic N) is 1. The van der Waals surface area contributed by atoms with Gasteiger partial charge >= 0.3 is 5.97 Å². The van der Waals surface area contributed by atoms with Crippen LogP contribution in [-0.2, 0) is 14.8 Å². The second-order valence-corrected chi connectivity index (χ2v) is 5.37. The Morgan fingerprint density at radius 2 is 1.83 bits per heavy atom. The van der Waals surface area contributed by atoms with Crippen molar-refractivity contribution in [2.24, 2.45) is 0 Å². The molecule has 0 radical (unpaired) electrons. The quantitative estimate of drug-likeness (QED) is 0.842. The Morgan fingerprint density at radius 1 is 1.33 bits per heavy atom. The Kier molecular flexibility index (Phi) is 4.07. The Balaban J connectivity index is 3.22. The van der Waals surface area contributed by atoms with E-state index < -0.39 is 21.8 Å². The normalized spacial score (nSPS) is 12.3. The van der Waals surface area contributed by atoms with Gasteiger partial charge in [0.1, 0.15) is 11.5 Å². The number of carbonyl (C=O) groups is 1. The number of sulfonamides is 1. The molecule has 98 valence electrons. The summed E-state index contributed by atoms with van der Waals surface area (Å²) in [6.45, 7) is 1.42. The van der Waals surface area contributed by atoms with Crippen molar-refractivity contribution in [1.82, 2.24) is 4.31 Å². The molecule has 0 aliphatic heterocycles. The highest BCUT2D eigenvalue weighted by Crippen LogP contribution is 2.18. The van der Waals surface area contributed by atoms with Crippen molar-refractivity contribution < 1.29 is 22.7 Å². The van der Waals surface area contributed by atoms with Gasteiger partial charge in [-0.3, -0.25) is 4.31 Å². The molecule has 7 heteroatoms. The third kappa shape index (κ3) is 2.67. The van der Waals surface area contributed by atoms with Gasteiger partial charge in [-0.15, -0.1) is 0 Å². The van der Waals surface area contributed by atoms with Crippen LogP contribution in [0.1, 0.15) is 6.92 Å². The van der Waals surface area contributed by atoms with Crippen molar-refractivity contribution in [1.29, 1.82) is 0 Å². The van der Waals surface area contributed by atoms with E-state index in [2.05, 4.69) is 0 Å². The molecule has 0 amide bonds. The zero-order valence-corrected chi connectivity index (χ0v) is 10.6. The molecule has 5 nitrogen and oxygen atoms in total. The summed E-state index contributed by atoms with van der Waals surface area (Å²) in [5, 5.41) is 8.86. The lowest BCUT2D eigenvalue weighted by Gasteiger charge is -2.19. The van der Waals surface area contributed by atoms with Crippen LogP contribution in [0.3, 0.4) is 0 Å². The van der Waals surface area contributed by atoms with E-state index in [1.165, 1.54) is 13.0 Å². The first-order chi connectivity index (χ1) is 8.30. The van der Waals surface area contributed by atoms with Gasteiger partial charge in [-0.05, 0) is 31.2 Å². The van der Waals surface area contributed by atoms with Gasteiger partial charge < -0.3 is 5.11 Å². The number of allylic oxidation sites excluding steroid dienone is 1. The first-order valence-electron chi connectivity index (χ1n) is 4.94. The standard InChI is InChI=1S/C11H12FNO4S/c1-3-10(11(14)15)13(2)18(16,17)9-6-4-8(12)5-7-9/h3-7H,1-2H3,(H,14,15)/b10-3+. The maximum absolute atomic E-state index is 12.7. The van der Waals surface area contributed by atoms with Gasteiger partial charge in [-0.2, -0.15) is 0 Å². The number of likely N-dealkylation sites (N-methyl/N-ethyl adjacent to an activating group) is 1. The molecule has 1 N–H and O–H groups in total. The van der Waals surface area contributed by atoms with Crippen LogP contribution in [0.15, 0.2) is 40.9 Å². The molecule has 0 bridgehead atoms. The van der Waals surface area contributed by atoms with Crippen molar-refractivity contribution in [3.05, 3.63) is 41.9 Å². The SMILES string of the molecule is C/C=C(\C(=O)O)N(C)S(=O)(=O)c1ccc(F)cc1. The van der Waals surface area contributed by atoms with Gasteiger partial charge in [0.25, 0.3) is 10.0 Å². The molecule has 1 aromatic rings. The smallest absolute Gasteiger partial charge is 0.352 e. The van der Waals surface area contributed by atoms with E-state index in [1.807, 2.05) is 0 Å². The minimum atomic E-state index is -3.99. The van der Waals surface area contributed by atoms with Crippen LogP contribution < -0.4 is 0 Å². The lowest BCUT2D eigenvalue weighted by molar-refractivity contribution is -0.133. The molecule has 1 aromatic carbocycles. The van der Waals surface area contributed by atoms with E-state index in [-0.39, 0.29) is 10.6 Å². The maximum atomic E-state index is 12.7. The van der Waals surface area contributed by atoms with Gasteiger partial charge in [-0.1, -0.05) is 6.08 Å². The molecule has 18 heavy (non-hydrogen) atoms. The number of carboxylic acids is 1. The maximum Gasteiger partial charge on any atom is 0.352 e. The lowest BCUT2D eigenvalue weighted by atomic mass is 10.4. The molecule has 0 aromatic heterocycles. The zero-order chi connectivity index (χ0) is 13.9. The molecule has 0 fully saturated rings. The third-order valence-electron chi connectivity index (χ3n) is 2.30. The Morgan fingerprint density at radius 3 is 2.22 bits per heavy atom. The highest BCUT2D eigenvalue weighted by Gasteiger charge is 2.25. The van der Waals surface area contributed by atoms with Crippen LogP contribution in [0.4, 0.5) is 4.39 Å². The van der Waals surface area contributed by atoms with Gasteiger partial charge in [0, 0.05) is 7.05 Å². The Labute approximate surface area is 104 Å². The van der Waals surface area contributed by atoms with Crippen LogP contribution >= 0.6 is 0 Å². The van der Waals surface area contributed by atoms with Gasteiger partial charge in [-0.25, -0.2) is 17.6 Å². The number of carboxylic acid groups (broad SMARTS) is 1. The average Bonchev–Trinajstić information content (AvgIpc) is 2.29. The second-order valence-electron chi connectivity index (χ2n) is 3.41. The van der Waals surface area contributed by atoms with Crippen molar-refractivity contribution in [2.45, 2.75) is 11.8 Å². The minimum absolute atomic E-state index is 0.174. The van der Waals surface area contributed by atoms with Gasteiger partial charge in [0.15, 0.2) is 0 Å². The molecule has 1 rings (SSSR count). The number of aliphatic carboxylic acids is 1. The number of hydrogen-bond acceptors (Lipinski definition) is 3. The van der Waals surface area contributed by atoms with Crippen LogP contribution in [-0.4, -0.2) is 30.8 Å². The predicted molar refractivity (Wildman–Crippen MR) is 62.7 cm³/mol. The summed E-state index contributed by atoms with van der Waals surface area (Å²) < 4.78 is 37.5. The largest absolute Gasteiger partial charge is 0.477 e. The van der Waals surface area contributed by atoms with Crippen LogP contribution in [0.25, 0.3) is 0 Å². The number of benzene rings is 1. The summed E-state index contributed by atoms with van der Waals surface area (Å²) in [4.78, 5) is 10.7. The fraction of sp³-hybridized carbons (Fsp3) is 0.182. The minimum Gasteiger partial charge on any atom is -0.477 e. The van der Waals surface area contributed by atoms with Gasteiger partial charge in [0.2, 0.25) is 0 Å². The molecule has 0 aliphatic carbocycles. The summed E-state index contributed by atoms with van der Waals surface area (Å²) in [5.74, 6) is -1.92. The number of rotatable bonds is 4. The summed E-state index contributed by atoms with van der Waals surface area (Å²) in [7, 11) is -2.87. The summed E-state index contributed by atoms with van der Waals surface area (Å²) in [5.41, 5.74) is -0.376. The van der Waals surface area contributed by atoms with Crippen molar-refractivity contribution >= 4 is 16.0 Å². The monoisotopic (exact) mass is 273 g/mol. The van der Waals surface area contributed by atoms with Crippen LogP contribution in [0.5, 0.6) is 0 Å². The van der Waals surface area contributed by atoms with E-state index in [0.717, 1.165) is 31.3 Å². The molecule has 0 saturated heterocycles. The topological polar surface area (TPSA) is 74.7 Å². The number of hydrogen-bond donors (Lipinski definition) is 1. The third-order valence-corrected chi connectivity index (χ3v) is 4.09. The molecule has 0 spiro atoms. The van der Waals surface area contributed by atoms with E-state index in [0.29, 0.717) is 4.31 Å². The fourth-order valence-corrected chi connectivity index (χ4v) is 2.57. The van der Waals surface area contributed by atoms with E-state index >= 15 is 0 Å². The Hall–Kier alpha value is -1.89. The van der Waals surface area contributed by atoms with Crippen molar-refractivity contribution in [3.8, 4) is 0 Å². The van der Waals surface area contributed by atoms with Gasteiger partial charge in [0.05, 0.1) is 4.90 Å². The molecular weight excluding hydrogens is 261 g/mol. The first-order valence-corrected chi connectivity index (χ1v) is 6.39. The molecular formula is C11H12FNO4S. The molecule has 0 unspecified atom stereocenters. The van der Waals surface area contributed by atoms with Crippen molar-refractivity contribution in [2.75, 3.05) is 7.05 Å². The molecule has 0 aliphatic rings. The summed E-state index contributed by atoms with van der Waals surface area (Å²) >= 11 is 0. The molecule has 0 atom stereocenters. The summed E-state index contributed by atoms with van der Waals surface area (Å²) in [6.07, 6.45) is 1.17. The predicted octanol–water partition coefficient (Wildman–Crippen LogP) is 1.43. The first kappa shape index (κ1) is 14.2. The molecule has 0 saturated carbocycles. The van der Waals surface area contributed by atoms with Crippen LogP contribution in [0.2, 0.25) is 0 Å². The zero-order valence-electron chi connectivity index (χ0n) is 9.79. The highest BCUT2D eigenvalue weighted by atomic mass is 32.2. The summed E-state index contributed by atoms with van der Waals surface area (Å²) in [6, 6.07) is 4.15. The van der Waals surface area contributed by atoms with E-state index in [4.69, 9.17) is 5.11 Å². The van der Waals surface area contributed by atoms with Crippen LogP contribution in [0, 0.1) is 5.82 Å². The Bertz CT molecular complexity index is 578. The fourth-order valence-electron chi connectivity index (χ4n) is 1.33. The van der Waals surface area contributed by atoms with E-state index in [9.17, 15) is 17.6 Å². The molecule has 0 heterocycles. The highest BCUT2D eigenvalue weighted by molar-refractivity contribution is 7.89. The van der Waals surface area contributed by atoms with Crippen molar-refractivity contribution in [3.63, 3.8) is 0 Å². The average molecular weight is 273 g/mol.